The number of carbonyl (C=O) groups is 2. The van der Waals surface area contributed by atoms with E-state index in [1.54, 1.807) is 51.2 Å². The Morgan fingerprint density at radius 2 is 1.84 bits per heavy atom. The van der Waals surface area contributed by atoms with Crippen LogP contribution in [0.25, 0.3) is 16.7 Å². The fourth-order valence-electron chi connectivity index (χ4n) is 5.41. The van der Waals surface area contributed by atoms with Crippen LogP contribution < -0.4 is 27.2 Å². The highest BCUT2D eigenvalue weighted by atomic mass is 19.1. The van der Waals surface area contributed by atoms with E-state index in [4.69, 9.17) is 15.2 Å². The Morgan fingerprint density at radius 3 is 2.49 bits per heavy atom. The van der Waals surface area contributed by atoms with Crippen molar-refractivity contribution < 1.29 is 23.5 Å². The molecule has 12 nitrogen and oxygen atoms in total. The predicted molar refractivity (Wildman–Crippen MR) is 166 cm³/mol. The Balaban J connectivity index is 1.39. The van der Waals surface area contributed by atoms with Gasteiger partial charge in [0.2, 0.25) is 0 Å². The zero-order valence-corrected chi connectivity index (χ0v) is 25.3. The number of rotatable bonds is 9. The van der Waals surface area contributed by atoms with Gasteiger partial charge in [-0.15, -0.1) is 0 Å². The molecule has 0 aliphatic carbocycles. The number of anilines is 1. The topological polar surface area (TPSA) is 151 Å². The number of pyridine rings is 1. The second-order valence-corrected chi connectivity index (χ2v) is 10.8. The summed E-state index contributed by atoms with van der Waals surface area (Å²) in [5, 5.41) is 2.94. The summed E-state index contributed by atoms with van der Waals surface area (Å²) in [6.07, 6.45) is 1.38. The molecule has 13 heteroatoms. The van der Waals surface area contributed by atoms with Gasteiger partial charge in [0.05, 0.1) is 36.3 Å². The lowest BCUT2D eigenvalue weighted by molar-refractivity contribution is -0.145. The minimum Gasteiger partial charge on any atom is -0.464 e. The summed E-state index contributed by atoms with van der Waals surface area (Å²) in [6.45, 7) is 5.91. The van der Waals surface area contributed by atoms with E-state index >= 15 is 4.39 Å². The summed E-state index contributed by atoms with van der Waals surface area (Å²) in [5.74, 6) is -2.08. The van der Waals surface area contributed by atoms with Gasteiger partial charge in [-0.05, 0) is 60.9 Å². The number of nitrogens with two attached hydrogens (primary N) is 1. The monoisotopic (exact) mass is 618 g/mol. The van der Waals surface area contributed by atoms with Gasteiger partial charge in [0.1, 0.15) is 17.7 Å². The molecule has 4 aromatic rings. The highest BCUT2D eigenvalue weighted by molar-refractivity contribution is 5.98. The molecule has 1 fully saturated rings. The number of hydrogen-bond acceptors (Lipinski definition) is 9. The molecule has 3 heterocycles. The van der Waals surface area contributed by atoms with Crippen LogP contribution >= 0.6 is 0 Å². The lowest BCUT2D eigenvalue weighted by Gasteiger charge is -2.29. The lowest BCUT2D eigenvalue weighted by atomic mass is 10.0. The van der Waals surface area contributed by atoms with E-state index in [1.165, 1.54) is 22.9 Å². The Labute approximate surface area is 258 Å². The van der Waals surface area contributed by atoms with Crippen molar-refractivity contribution in [2.24, 2.45) is 12.8 Å². The van der Waals surface area contributed by atoms with E-state index < -0.39 is 35.0 Å². The first-order valence-electron chi connectivity index (χ1n) is 14.6. The smallest absolute Gasteiger partial charge is 0.337 e. The summed E-state index contributed by atoms with van der Waals surface area (Å²) in [5.41, 5.74) is 7.24. The molecule has 0 saturated carbocycles. The molecule has 0 spiro atoms. The van der Waals surface area contributed by atoms with E-state index in [2.05, 4.69) is 10.3 Å². The highest BCUT2D eigenvalue weighted by Gasteiger charge is 2.27. The Bertz CT molecular complexity index is 1840. The number of nitrogens with zero attached hydrogens (tertiary/aromatic N) is 4. The predicted octanol–water partition coefficient (Wildman–Crippen LogP) is 1.73. The number of aryl methyl sites for hydroxylation is 2. The molecule has 2 aromatic heterocycles. The fourth-order valence-corrected chi connectivity index (χ4v) is 5.41. The summed E-state index contributed by atoms with van der Waals surface area (Å²) >= 11 is 0. The minimum absolute atomic E-state index is 0.0309. The number of esters is 1. The van der Waals surface area contributed by atoms with Crippen molar-refractivity contribution in [2.75, 3.05) is 37.8 Å². The van der Waals surface area contributed by atoms with E-state index in [0.717, 1.165) is 10.1 Å². The molecule has 5 rings (SSSR count). The normalized spacial score (nSPS) is 13.9. The quantitative estimate of drug-likeness (QED) is 0.267. The minimum atomic E-state index is -1.16. The number of amides is 1. The molecule has 1 atom stereocenters. The van der Waals surface area contributed by atoms with Gasteiger partial charge in [0.15, 0.2) is 0 Å². The van der Waals surface area contributed by atoms with Gasteiger partial charge in [0.25, 0.3) is 11.5 Å². The van der Waals surface area contributed by atoms with Crippen LogP contribution in [0.3, 0.4) is 0 Å². The highest BCUT2D eigenvalue weighted by Crippen LogP contribution is 2.24. The van der Waals surface area contributed by atoms with Gasteiger partial charge in [-0.2, -0.15) is 0 Å². The maximum Gasteiger partial charge on any atom is 0.337 e. The number of benzene rings is 2. The van der Waals surface area contributed by atoms with Crippen LogP contribution in [0.1, 0.15) is 34.0 Å². The van der Waals surface area contributed by atoms with E-state index in [0.29, 0.717) is 54.0 Å². The fraction of sp³-hybridized carbons (Fsp3) is 0.344. The van der Waals surface area contributed by atoms with Gasteiger partial charge >= 0.3 is 11.7 Å². The van der Waals surface area contributed by atoms with Crippen molar-refractivity contribution in [3.63, 3.8) is 0 Å². The van der Waals surface area contributed by atoms with Gasteiger partial charge in [-0.3, -0.25) is 14.2 Å². The molecule has 1 amide bonds. The number of hydrogen-bond donors (Lipinski definition) is 2. The third-order valence-corrected chi connectivity index (χ3v) is 7.80. The van der Waals surface area contributed by atoms with Crippen molar-refractivity contribution in [1.82, 2.24) is 19.4 Å². The third-order valence-electron chi connectivity index (χ3n) is 7.80. The molecule has 1 saturated heterocycles. The second kappa shape index (κ2) is 13.4. The Kier molecular flexibility index (Phi) is 9.40. The molecule has 0 bridgehead atoms. The first-order valence-corrected chi connectivity index (χ1v) is 14.6. The van der Waals surface area contributed by atoms with Crippen LogP contribution in [0.4, 0.5) is 10.1 Å². The Hall–Kier alpha value is -4.88. The SMILES string of the molecule is CCOC(=O)[C@H](Cc1ccc(-n2c(=O)c3ccc(CN)cc3n(C)c2=O)nc1)NC(=O)c1c(C)cc(N2CCOCC2)cc1F. The van der Waals surface area contributed by atoms with Crippen LogP contribution in [0.2, 0.25) is 0 Å². The van der Waals surface area contributed by atoms with Gasteiger partial charge in [-0.25, -0.2) is 23.5 Å². The maximum absolute atomic E-state index is 15.3. The summed E-state index contributed by atoms with van der Waals surface area (Å²) in [6, 6.07) is 10.0. The number of aromatic nitrogens is 3. The zero-order chi connectivity index (χ0) is 32.2. The number of ether oxygens (including phenoxy) is 2. The van der Waals surface area contributed by atoms with Crippen molar-refractivity contribution in [2.45, 2.75) is 32.9 Å². The molecule has 2 aromatic carbocycles. The van der Waals surface area contributed by atoms with Crippen molar-refractivity contribution >= 4 is 28.5 Å². The average Bonchev–Trinajstić information content (AvgIpc) is 3.04. The van der Waals surface area contributed by atoms with E-state index in [-0.39, 0.29) is 31.0 Å². The van der Waals surface area contributed by atoms with Gasteiger partial charge in [-0.1, -0.05) is 12.1 Å². The summed E-state index contributed by atoms with van der Waals surface area (Å²) < 4.78 is 28.1. The zero-order valence-electron chi connectivity index (χ0n) is 25.3. The molecule has 1 aliphatic rings. The average molecular weight is 619 g/mol. The van der Waals surface area contributed by atoms with E-state index in [9.17, 15) is 19.2 Å². The standard InChI is InChI=1S/C32H35FN6O6/c1-4-45-31(42)25(36-29(40)28-19(2)13-22(16-24(28)33)38-9-11-44-12-10-38)14-21-6-8-27(35-18-21)39-30(41)23-7-5-20(17-34)15-26(23)37(3)32(39)43/h5-8,13,15-16,18,25H,4,9-12,14,17,34H2,1-3H3,(H,36,40)/t25-/m0/s1. The molecule has 0 unspecified atom stereocenters. The number of nitrogens with one attached hydrogen (secondary N) is 1. The van der Waals surface area contributed by atoms with Crippen molar-refractivity contribution in [3.8, 4) is 5.82 Å². The molecule has 0 radical (unpaired) electrons. The first kappa shape index (κ1) is 31.5. The molecule has 1 aliphatic heterocycles. The number of halogens is 1. The second-order valence-electron chi connectivity index (χ2n) is 10.8. The van der Waals surface area contributed by atoms with Crippen LogP contribution in [-0.4, -0.2) is 64.9 Å². The summed E-state index contributed by atoms with van der Waals surface area (Å²) in [7, 11) is 1.56. The van der Waals surface area contributed by atoms with Crippen LogP contribution in [0, 0.1) is 12.7 Å². The van der Waals surface area contributed by atoms with Gasteiger partial charge < -0.3 is 25.4 Å². The largest absolute Gasteiger partial charge is 0.464 e. The molecule has 236 valence electrons. The number of carbonyl (C=O) groups excluding carboxylic acids is 2. The molecule has 45 heavy (non-hydrogen) atoms. The van der Waals surface area contributed by atoms with E-state index in [1.807, 2.05) is 4.90 Å². The maximum atomic E-state index is 15.3. The first-order chi connectivity index (χ1) is 21.6. The van der Waals surface area contributed by atoms with Gasteiger partial charge in [0, 0.05) is 45.0 Å². The third kappa shape index (κ3) is 6.49. The number of fused-ring (bicyclic) bond motifs is 1. The molecular formula is C32H35FN6O6. The lowest BCUT2D eigenvalue weighted by Crippen LogP contribution is -2.44. The Morgan fingerprint density at radius 1 is 1.11 bits per heavy atom. The van der Waals surface area contributed by atoms with Crippen molar-refractivity contribution in [3.05, 3.63) is 97.6 Å². The van der Waals surface area contributed by atoms with Crippen LogP contribution in [0.15, 0.2) is 58.3 Å². The number of morpholine rings is 1. The van der Waals surface area contributed by atoms with Crippen LogP contribution in [0.5, 0.6) is 0 Å². The molecule has 3 N–H and O–H groups in total. The van der Waals surface area contributed by atoms with Crippen LogP contribution in [-0.2, 0) is 34.3 Å². The molecular weight excluding hydrogens is 583 g/mol. The van der Waals surface area contributed by atoms with Crippen molar-refractivity contribution in [1.29, 1.82) is 0 Å². The summed E-state index contributed by atoms with van der Waals surface area (Å²) in [4.78, 5) is 58.9.